The standard InChI is InChI=1S/C18H22O/c1-4-6-7-8-9-11-16-12-13-18(15(3)19)17(14-16)10-5-2/h5,10,12-14H,4,6-8H2,1-3H3/b10-5-. The lowest BCUT2D eigenvalue weighted by atomic mass is 10.0. The quantitative estimate of drug-likeness (QED) is 0.417. The normalized spacial score (nSPS) is 10.3. The Labute approximate surface area is 116 Å². The van der Waals surface area contributed by atoms with Crippen molar-refractivity contribution >= 4 is 11.9 Å². The number of carbonyl (C=O) groups is 1. The maximum Gasteiger partial charge on any atom is 0.160 e. The molecule has 0 aromatic heterocycles. The SMILES string of the molecule is C/C=C\c1cc(C#CCCCCC)ccc1C(C)=O. The van der Waals surface area contributed by atoms with Crippen molar-refractivity contribution in [1.82, 2.24) is 0 Å². The van der Waals surface area contributed by atoms with Gasteiger partial charge in [0.1, 0.15) is 0 Å². The van der Waals surface area contributed by atoms with Gasteiger partial charge in [0, 0.05) is 17.5 Å². The van der Waals surface area contributed by atoms with Gasteiger partial charge in [-0.3, -0.25) is 4.79 Å². The van der Waals surface area contributed by atoms with Crippen LogP contribution in [0.25, 0.3) is 6.08 Å². The fraction of sp³-hybridized carbons (Fsp3) is 0.389. The highest BCUT2D eigenvalue weighted by Crippen LogP contribution is 2.14. The lowest BCUT2D eigenvalue weighted by Crippen LogP contribution is -1.96. The van der Waals surface area contributed by atoms with Crippen molar-refractivity contribution in [1.29, 1.82) is 0 Å². The number of rotatable bonds is 5. The van der Waals surface area contributed by atoms with E-state index < -0.39 is 0 Å². The van der Waals surface area contributed by atoms with E-state index in [2.05, 4.69) is 18.8 Å². The van der Waals surface area contributed by atoms with Gasteiger partial charge in [-0.2, -0.15) is 0 Å². The maximum atomic E-state index is 11.5. The van der Waals surface area contributed by atoms with Crippen LogP contribution in [0.5, 0.6) is 0 Å². The monoisotopic (exact) mass is 254 g/mol. The van der Waals surface area contributed by atoms with Crippen molar-refractivity contribution in [3.8, 4) is 11.8 Å². The molecule has 1 nitrogen and oxygen atoms in total. The highest BCUT2D eigenvalue weighted by molar-refractivity contribution is 5.97. The summed E-state index contributed by atoms with van der Waals surface area (Å²) in [6.45, 7) is 5.74. The third-order valence-electron chi connectivity index (χ3n) is 2.92. The Morgan fingerprint density at radius 3 is 2.74 bits per heavy atom. The van der Waals surface area contributed by atoms with Gasteiger partial charge in [0.25, 0.3) is 0 Å². The summed E-state index contributed by atoms with van der Waals surface area (Å²) < 4.78 is 0. The number of hydrogen-bond acceptors (Lipinski definition) is 1. The first-order valence-electron chi connectivity index (χ1n) is 6.95. The van der Waals surface area contributed by atoms with Gasteiger partial charge in [0.05, 0.1) is 0 Å². The maximum absolute atomic E-state index is 11.5. The molecule has 0 unspecified atom stereocenters. The van der Waals surface area contributed by atoms with Crippen LogP contribution in [-0.4, -0.2) is 5.78 Å². The van der Waals surface area contributed by atoms with Crippen molar-refractivity contribution in [3.63, 3.8) is 0 Å². The Morgan fingerprint density at radius 2 is 2.11 bits per heavy atom. The van der Waals surface area contributed by atoms with Crippen LogP contribution in [-0.2, 0) is 0 Å². The first-order valence-corrected chi connectivity index (χ1v) is 6.95. The second-order valence-electron chi connectivity index (χ2n) is 4.62. The summed E-state index contributed by atoms with van der Waals surface area (Å²) in [7, 11) is 0. The van der Waals surface area contributed by atoms with Gasteiger partial charge in [-0.25, -0.2) is 0 Å². The lowest BCUT2D eigenvalue weighted by molar-refractivity contribution is 0.101. The fourth-order valence-electron chi connectivity index (χ4n) is 1.91. The molecule has 0 N–H and O–H groups in total. The molecule has 0 saturated carbocycles. The van der Waals surface area contributed by atoms with E-state index in [-0.39, 0.29) is 5.78 Å². The molecule has 1 heteroatoms. The van der Waals surface area contributed by atoms with Gasteiger partial charge >= 0.3 is 0 Å². The van der Waals surface area contributed by atoms with E-state index in [0.29, 0.717) is 0 Å². The first-order chi connectivity index (χ1) is 9.19. The van der Waals surface area contributed by atoms with Gasteiger partial charge in [-0.1, -0.05) is 43.8 Å². The number of benzene rings is 1. The minimum absolute atomic E-state index is 0.0931. The summed E-state index contributed by atoms with van der Waals surface area (Å²) in [5.74, 6) is 6.46. The van der Waals surface area contributed by atoms with E-state index in [1.165, 1.54) is 12.8 Å². The molecular formula is C18H22O. The predicted molar refractivity (Wildman–Crippen MR) is 82.2 cm³/mol. The fourth-order valence-corrected chi connectivity index (χ4v) is 1.91. The average molecular weight is 254 g/mol. The second kappa shape index (κ2) is 8.32. The number of hydrogen-bond donors (Lipinski definition) is 0. The molecule has 0 aliphatic heterocycles. The first kappa shape index (κ1) is 15.2. The topological polar surface area (TPSA) is 17.1 Å². The molecular weight excluding hydrogens is 232 g/mol. The van der Waals surface area contributed by atoms with Gasteiger partial charge in [0.15, 0.2) is 5.78 Å². The number of ketones is 1. The van der Waals surface area contributed by atoms with E-state index in [1.807, 2.05) is 37.3 Å². The summed E-state index contributed by atoms with van der Waals surface area (Å²) in [4.78, 5) is 11.5. The summed E-state index contributed by atoms with van der Waals surface area (Å²) >= 11 is 0. The van der Waals surface area contributed by atoms with Gasteiger partial charge in [0.2, 0.25) is 0 Å². The van der Waals surface area contributed by atoms with Crippen LogP contribution in [0.2, 0.25) is 0 Å². The van der Waals surface area contributed by atoms with Gasteiger partial charge in [-0.05, 0) is 44.0 Å². The third kappa shape index (κ3) is 5.14. The summed E-state index contributed by atoms with van der Waals surface area (Å²) in [5, 5.41) is 0. The Kier molecular flexibility index (Phi) is 6.68. The molecule has 19 heavy (non-hydrogen) atoms. The molecule has 0 saturated heterocycles. The Balaban J connectivity index is 2.86. The lowest BCUT2D eigenvalue weighted by Gasteiger charge is -2.02. The van der Waals surface area contributed by atoms with Crippen LogP contribution in [0.3, 0.4) is 0 Å². The molecule has 0 fully saturated rings. The highest BCUT2D eigenvalue weighted by atomic mass is 16.1. The van der Waals surface area contributed by atoms with E-state index in [1.54, 1.807) is 6.92 Å². The van der Waals surface area contributed by atoms with Crippen molar-refractivity contribution in [2.45, 2.75) is 46.5 Å². The van der Waals surface area contributed by atoms with Gasteiger partial charge in [-0.15, -0.1) is 0 Å². The van der Waals surface area contributed by atoms with Crippen molar-refractivity contribution < 1.29 is 4.79 Å². The number of carbonyl (C=O) groups excluding carboxylic acids is 1. The third-order valence-corrected chi connectivity index (χ3v) is 2.92. The molecule has 1 aromatic carbocycles. The Hall–Kier alpha value is -1.81. The summed E-state index contributed by atoms with van der Waals surface area (Å²) in [6, 6.07) is 5.79. The molecule has 1 aromatic rings. The number of Topliss-reactive ketones (excluding diaryl/α,β-unsaturated/α-hetero) is 1. The van der Waals surface area contributed by atoms with Crippen LogP contribution in [0.15, 0.2) is 24.3 Å². The average Bonchev–Trinajstić information content (AvgIpc) is 2.39. The number of unbranched alkanes of at least 4 members (excludes halogenated alkanes) is 3. The molecule has 100 valence electrons. The van der Waals surface area contributed by atoms with E-state index in [0.717, 1.165) is 29.5 Å². The van der Waals surface area contributed by atoms with Gasteiger partial charge < -0.3 is 0 Å². The molecule has 1 rings (SSSR count). The zero-order valence-corrected chi connectivity index (χ0v) is 12.1. The Morgan fingerprint density at radius 1 is 1.32 bits per heavy atom. The Bertz CT molecular complexity index is 512. The van der Waals surface area contributed by atoms with Crippen LogP contribution in [0.4, 0.5) is 0 Å². The van der Waals surface area contributed by atoms with Crippen molar-refractivity contribution in [2.24, 2.45) is 0 Å². The molecule has 0 atom stereocenters. The largest absolute Gasteiger partial charge is 0.294 e. The predicted octanol–water partition coefficient (Wildman–Crippen LogP) is 4.85. The minimum atomic E-state index is 0.0931. The number of allylic oxidation sites excluding steroid dienone is 1. The molecule has 0 spiro atoms. The van der Waals surface area contributed by atoms with Crippen molar-refractivity contribution in [2.75, 3.05) is 0 Å². The van der Waals surface area contributed by atoms with Crippen LogP contribution in [0.1, 0.15) is 67.9 Å². The zero-order valence-electron chi connectivity index (χ0n) is 12.1. The van der Waals surface area contributed by atoms with E-state index in [9.17, 15) is 4.79 Å². The highest BCUT2D eigenvalue weighted by Gasteiger charge is 2.04. The molecule has 0 heterocycles. The van der Waals surface area contributed by atoms with Crippen LogP contribution in [0, 0.1) is 11.8 Å². The minimum Gasteiger partial charge on any atom is -0.294 e. The molecule has 0 radical (unpaired) electrons. The van der Waals surface area contributed by atoms with E-state index >= 15 is 0 Å². The van der Waals surface area contributed by atoms with E-state index in [4.69, 9.17) is 0 Å². The smallest absolute Gasteiger partial charge is 0.160 e. The second-order valence-corrected chi connectivity index (χ2v) is 4.62. The molecule has 0 aliphatic carbocycles. The molecule has 0 bridgehead atoms. The molecule has 0 aliphatic rings. The molecule has 0 amide bonds. The van der Waals surface area contributed by atoms with Crippen LogP contribution >= 0.6 is 0 Å². The zero-order chi connectivity index (χ0) is 14.1. The van der Waals surface area contributed by atoms with Crippen molar-refractivity contribution in [3.05, 3.63) is 41.0 Å². The summed E-state index contributed by atoms with van der Waals surface area (Å²) in [5.41, 5.74) is 2.69. The summed E-state index contributed by atoms with van der Waals surface area (Å²) in [6.07, 6.45) is 8.47. The van der Waals surface area contributed by atoms with Crippen LogP contribution < -0.4 is 0 Å².